The van der Waals surface area contributed by atoms with Gasteiger partial charge in [0.15, 0.2) is 0 Å². The van der Waals surface area contributed by atoms with Crippen LogP contribution in [-0.2, 0) is 14.8 Å². The number of hydrogen-bond donors (Lipinski definition) is 2. The summed E-state index contributed by atoms with van der Waals surface area (Å²) in [5.74, 6) is 0.902. The molecule has 0 aliphatic carbocycles. The molecule has 3 aromatic carbocycles. The van der Waals surface area contributed by atoms with Gasteiger partial charge in [-0.1, -0.05) is 30.3 Å². The van der Waals surface area contributed by atoms with Gasteiger partial charge in [-0.25, -0.2) is 8.42 Å². The van der Waals surface area contributed by atoms with Crippen LogP contribution in [0.25, 0.3) is 11.1 Å². The van der Waals surface area contributed by atoms with E-state index in [1.165, 1.54) is 4.31 Å². The Morgan fingerprint density at radius 1 is 0.944 bits per heavy atom. The maximum absolute atomic E-state index is 14.1. The van der Waals surface area contributed by atoms with Crippen LogP contribution in [0.2, 0.25) is 0 Å². The normalized spacial score (nSPS) is 21.0. The highest BCUT2D eigenvalue weighted by atomic mass is 32.2. The molecule has 3 atom stereocenters. The summed E-state index contributed by atoms with van der Waals surface area (Å²) < 4.78 is 41.0. The van der Waals surface area contributed by atoms with Crippen LogP contribution < -0.4 is 9.04 Å². The predicted molar refractivity (Wildman–Crippen MR) is 140 cm³/mol. The van der Waals surface area contributed by atoms with Crippen LogP contribution in [0.1, 0.15) is 17.5 Å². The molecule has 5 rings (SSSR count). The van der Waals surface area contributed by atoms with Crippen molar-refractivity contribution in [3.05, 3.63) is 96.6 Å². The highest BCUT2D eigenvalue weighted by Gasteiger charge is 2.54. The first-order valence-electron chi connectivity index (χ1n) is 11.6. The fourth-order valence-electron chi connectivity index (χ4n) is 5.03. The van der Waals surface area contributed by atoms with Crippen molar-refractivity contribution in [2.75, 3.05) is 18.0 Å². The number of phenols is 2. The first kappa shape index (κ1) is 24.0. The third-order valence-electron chi connectivity index (χ3n) is 6.69. The number of benzene rings is 3. The molecule has 186 valence electrons. The number of sulfonamides is 1. The van der Waals surface area contributed by atoms with Crippen molar-refractivity contribution in [1.82, 2.24) is 0 Å². The molecule has 2 aliphatic heterocycles. The second-order valence-electron chi connectivity index (χ2n) is 8.80. The second-order valence-corrected chi connectivity index (χ2v) is 10.9. The number of ether oxygens (including phenoxy) is 2. The van der Waals surface area contributed by atoms with Gasteiger partial charge in [-0.3, -0.25) is 4.31 Å². The summed E-state index contributed by atoms with van der Waals surface area (Å²) in [6.45, 7) is 3.88. The van der Waals surface area contributed by atoms with E-state index in [0.29, 0.717) is 17.9 Å². The zero-order valence-electron chi connectivity index (χ0n) is 19.7. The fourth-order valence-corrected chi connectivity index (χ4v) is 7.01. The zero-order chi connectivity index (χ0) is 25.4. The molecule has 3 unspecified atom stereocenters. The molecule has 2 bridgehead atoms. The lowest BCUT2D eigenvalue weighted by Crippen LogP contribution is -2.44. The Labute approximate surface area is 210 Å². The summed E-state index contributed by atoms with van der Waals surface area (Å²) in [6.07, 6.45) is 0.742. The molecule has 1 saturated heterocycles. The van der Waals surface area contributed by atoms with Gasteiger partial charge in [0.1, 0.15) is 28.6 Å². The third kappa shape index (κ3) is 4.12. The quantitative estimate of drug-likeness (QED) is 0.435. The molecule has 3 aromatic rings. The smallest absolute Gasteiger partial charge is 0.241 e. The summed E-state index contributed by atoms with van der Waals surface area (Å²) in [5.41, 5.74) is 3.84. The van der Waals surface area contributed by atoms with E-state index in [2.05, 4.69) is 6.58 Å². The van der Waals surface area contributed by atoms with Crippen molar-refractivity contribution in [1.29, 1.82) is 0 Å². The van der Waals surface area contributed by atoms with E-state index in [1.54, 1.807) is 86.0 Å². The van der Waals surface area contributed by atoms with Gasteiger partial charge in [0.2, 0.25) is 10.0 Å². The molecule has 0 aromatic heterocycles. The van der Waals surface area contributed by atoms with Crippen LogP contribution >= 0.6 is 0 Å². The highest BCUT2D eigenvalue weighted by molar-refractivity contribution is 7.93. The number of fused-ring (bicyclic) bond motifs is 2. The van der Waals surface area contributed by atoms with E-state index in [0.717, 1.165) is 22.3 Å². The standard InChI is InChI=1S/C28H27NO6S/c1-3-16-29(20-8-14-23(34-2)15-9-20)36(32,33)25-17-24-26(18-4-10-21(30)11-5-18)27(28(25)35-24)19-6-12-22(31)13-7-19/h3-15,24-25,28,30-31H,1,16-17H2,2H3. The van der Waals surface area contributed by atoms with E-state index < -0.39 is 27.5 Å². The molecule has 1 fully saturated rings. The molecule has 36 heavy (non-hydrogen) atoms. The van der Waals surface area contributed by atoms with Crippen molar-refractivity contribution >= 4 is 26.9 Å². The second kappa shape index (κ2) is 9.37. The minimum Gasteiger partial charge on any atom is -0.508 e. The summed E-state index contributed by atoms with van der Waals surface area (Å²) in [7, 11) is -2.30. The van der Waals surface area contributed by atoms with Gasteiger partial charge in [-0.2, -0.15) is 0 Å². The molecular formula is C28H27NO6S. The molecule has 8 heteroatoms. The molecule has 2 aliphatic rings. The van der Waals surface area contributed by atoms with Crippen molar-refractivity contribution in [2.45, 2.75) is 23.9 Å². The lowest BCUT2D eigenvalue weighted by Gasteiger charge is -2.31. The average molecular weight is 506 g/mol. The molecule has 2 heterocycles. The van der Waals surface area contributed by atoms with E-state index in [1.807, 2.05) is 0 Å². The molecule has 0 saturated carbocycles. The Morgan fingerprint density at radius 3 is 2.03 bits per heavy atom. The minimum atomic E-state index is -3.86. The fraction of sp³-hybridized carbons (Fsp3) is 0.214. The van der Waals surface area contributed by atoms with E-state index in [4.69, 9.17) is 9.47 Å². The number of nitrogens with zero attached hydrogens (tertiary/aromatic N) is 1. The topological polar surface area (TPSA) is 96.3 Å². The van der Waals surface area contributed by atoms with Crippen molar-refractivity contribution in [3.8, 4) is 17.2 Å². The third-order valence-corrected chi connectivity index (χ3v) is 8.87. The van der Waals surface area contributed by atoms with Crippen molar-refractivity contribution in [3.63, 3.8) is 0 Å². The Morgan fingerprint density at radius 2 is 1.50 bits per heavy atom. The van der Waals surface area contributed by atoms with E-state index >= 15 is 0 Å². The predicted octanol–water partition coefficient (Wildman–Crippen LogP) is 4.58. The molecular weight excluding hydrogens is 478 g/mol. The minimum absolute atomic E-state index is 0.117. The molecule has 0 amide bonds. The van der Waals surface area contributed by atoms with Gasteiger partial charge < -0.3 is 19.7 Å². The number of phenolic OH excluding ortho intramolecular Hbond substituents is 2. The molecule has 0 spiro atoms. The van der Waals surface area contributed by atoms with E-state index in [-0.39, 0.29) is 18.0 Å². The van der Waals surface area contributed by atoms with Crippen LogP contribution in [0.4, 0.5) is 5.69 Å². The Hall–Kier alpha value is -3.75. The van der Waals surface area contributed by atoms with Crippen LogP contribution in [0.15, 0.2) is 85.5 Å². The van der Waals surface area contributed by atoms with Crippen LogP contribution in [0, 0.1) is 0 Å². The van der Waals surface area contributed by atoms with Gasteiger partial charge in [0, 0.05) is 0 Å². The SMILES string of the molecule is C=CCN(c1ccc(OC)cc1)S(=O)(=O)C1CC2OC1C(c1ccc(O)cc1)=C2c1ccc(O)cc1. The highest BCUT2D eigenvalue weighted by Crippen LogP contribution is 2.51. The van der Waals surface area contributed by atoms with Crippen LogP contribution in [0.3, 0.4) is 0 Å². The van der Waals surface area contributed by atoms with Crippen LogP contribution in [0.5, 0.6) is 17.2 Å². The van der Waals surface area contributed by atoms with E-state index in [9.17, 15) is 18.6 Å². The Kier molecular flexibility index (Phi) is 6.24. The molecule has 7 nitrogen and oxygen atoms in total. The van der Waals surface area contributed by atoms with Gasteiger partial charge in [0.05, 0.1) is 25.4 Å². The summed E-state index contributed by atoms with van der Waals surface area (Å²) >= 11 is 0. The number of hydrogen-bond acceptors (Lipinski definition) is 6. The Bertz CT molecular complexity index is 1400. The van der Waals surface area contributed by atoms with Gasteiger partial charge in [-0.05, 0) is 77.2 Å². The number of anilines is 1. The monoisotopic (exact) mass is 505 g/mol. The van der Waals surface area contributed by atoms with Gasteiger partial charge in [0.25, 0.3) is 0 Å². The first-order chi connectivity index (χ1) is 17.3. The maximum atomic E-state index is 14.1. The Balaban J connectivity index is 1.59. The largest absolute Gasteiger partial charge is 0.508 e. The average Bonchev–Trinajstić information content (AvgIpc) is 3.48. The summed E-state index contributed by atoms with van der Waals surface area (Å²) in [6, 6.07) is 20.4. The molecule has 0 radical (unpaired) electrons. The lowest BCUT2D eigenvalue weighted by atomic mass is 9.83. The summed E-state index contributed by atoms with van der Waals surface area (Å²) in [4.78, 5) is 0. The van der Waals surface area contributed by atoms with Crippen molar-refractivity contribution < 1.29 is 28.1 Å². The van der Waals surface area contributed by atoms with Gasteiger partial charge in [-0.15, -0.1) is 6.58 Å². The van der Waals surface area contributed by atoms with Gasteiger partial charge >= 0.3 is 0 Å². The zero-order valence-corrected chi connectivity index (χ0v) is 20.6. The number of methoxy groups -OCH3 is 1. The lowest BCUT2D eigenvalue weighted by molar-refractivity contribution is 0.128. The van der Waals surface area contributed by atoms with Crippen molar-refractivity contribution in [2.24, 2.45) is 0 Å². The maximum Gasteiger partial charge on any atom is 0.241 e. The van der Waals surface area contributed by atoms with Crippen LogP contribution in [-0.4, -0.2) is 49.7 Å². The number of rotatable bonds is 8. The number of aromatic hydroxyl groups is 2. The molecule has 2 N–H and O–H groups in total. The summed E-state index contributed by atoms with van der Waals surface area (Å²) in [5, 5.41) is 18.8. The first-order valence-corrected chi connectivity index (χ1v) is 13.1.